The van der Waals surface area contributed by atoms with Crippen molar-refractivity contribution in [1.82, 2.24) is 5.32 Å². The minimum atomic E-state index is -0.219. The molecule has 1 unspecified atom stereocenters. The van der Waals surface area contributed by atoms with Gasteiger partial charge in [-0.3, -0.25) is 0 Å². The molecule has 1 atom stereocenters. The molecule has 1 aromatic heterocycles. The third-order valence-corrected chi connectivity index (χ3v) is 4.65. The summed E-state index contributed by atoms with van der Waals surface area (Å²) in [7, 11) is 0. The number of nitrogens with one attached hydrogen (secondary N) is 1. The van der Waals surface area contributed by atoms with Crippen LogP contribution in [0.15, 0.2) is 34.8 Å². The van der Waals surface area contributed by atoms with Crippen LogP contribution in [0.3, 0.4) is 0 Å². The average Bonchev–Trinajstić information content (AvgIpc) is 2.77. The summed E-state index contributed by atoms with van der Waals surface area (Å²) >= 11 is 5.08. The van der Waals surface area contributed by atoms with Gasteiger partial charge in [0.05, 0.1) is 10.5 Å². The molecule has 96 valence electrons. The minimum Gasteiger partial charge on any atom is -0.306 e. The van der Waals surface area contributed by atoms with E-state index >= 15 is 0 Å². The normalized spacial score (nSPS) is 12.7. The Kier molecular flexibility index (Phi) is 4.54. The number of hydrogen-bond acceptors (Lipinski definition) is 2. The van der Waals surface area contributed by atoms with Gasteiger partial charge in [0, 0.05) is 9.75 Å². The van der Waals surface area contributed by atoms with E-state index in [1.807, 2.05) is 6.07 Å². The van der Waals surface area contributed by atoms with Gasteiger partial charge >= 0.3 is 0 Å². The maximum absolute atomic E-state index is 13.6. The molecule has 0 spiro atoms. The van der Waals surface area contributed by atoms with Crippen LogP contribution in [0.25, 0.3) is 0 Å². The number of hydrogen-bond donors (Lipinski definition) is 1. The molecular weight excluding hydrogens is 313 g/mol. The molecule has 1 N–H and O–H groups in total. The molecule has 0 amide bonds. The molecular formula is C14H15BrFNS. The van der Waals surface area contributed by atoms with Crippen molar-refractivity contribution in [3.63, 3.8) is 0 Å². The Morgan fingerprint density at radius 3 is 2.72 bits per heavy atom. The second kappa shape index (κ2) is 5.95. The first-order chi connectivity index (χ1) is 8.63. The van der Waals surface area contributed by atoms with E-state index in [1.165, 1.54) is 15.8 Å². The summed E-state index contributed by atoms with van der Waals surface area (Å²) < 4.78 is 14.2. The minimum absolute atomic E-state index is 0.0405. The van der Waals surface area contributed by atoms with E-state index in [0.29, 0.717) is 4.47 Å². The van der Waals surface area contributed by atoms with Crippen molar-refractivity contribution in [3.8, 4) is 0 Å². The molecule has 4 heteroatoms. The predicted molar refractivity (Wildman–Crippen MR) is 78.7 cm³/mol. The van der Waals surface area contributed by atoms with E-state index < -0.39 is 0 Å². The highest BCUT2D eigenvalue weighted by Gasteiger charge is 2.18. The Morgan fingerprint density at radius 2 is 2.11 bits per heavy atom. The van der Waals surface area contributed by atoms with E-state index in [9.17, 15) is 4.39 Å². The van der Waals surface area contributed by atoms with E-state index in [0.717, 1.165) is 12.1 Å². The van der Waals surface area contributed by atoms with Crippen LogP contribution in [0.4, 0.5) is 4.39 Å². The highest BCUT2D eigenvalue weighted by Crippen LogP contribution is 2.33. The first-order valence-electron chi connectivity index (χ1n) is 5.87. The molecule has 2 aromatic rings. The number of benzene rings is 1. The Morgan fingerprint density at radius 1 is 1.33 bits per heavy atom. The summed E-state index contributed by atoms with van der Waals surface area (Å²) in [6.45, 7) is 4.98. The lowest BCUT2D eigenvalue weighted by atomic mass is 10.1. The highest BCUT2D eigenvalue weighted by atomic mass is 79.9. The lowest BCUT2D eigenvalue weighted by Gasteiger charge is -2.18. The van der Waals surface area contributed by atoms with Crippen molar-refractivity contribution in [2.75, 3.05) is 6.54 Å². The van der Waals surface area contributed by atoms with Crippen LogP contribution in [0.2, 0.25) is 0 Å². The third-order valence-electron chi connectivity index (χ3n) is 2.75. The molecule has 1 heterocycles. The molecule has 0 saturated carbocycles. The zero-order valence-corrected chi connectivity index (χ0v) is 12.7. The van der Waals surface area contributed by atoms with Gasteiger partial charge in [0.15, 0.2) is 0 Å². The van der Waals surface area contributed by atoms with Crippen molar-refractivity contribution < 1.29 is 4.39 Å². The van der Waals surface area contributed by atoms with Crippen LogP contribution in [0, 0.1) is 12.7 Å². The molecule has 0 aliphatic carbocycles. The Bertz CT molecular complexity index is 538. The van der Waals surface area contributed by atoms with Crippen LogP contribution in [0.1, 0.15) is 28.3 Å². The predicted octanol–water partition coefficient (Wildman–Crippen LogP) is 4.66. The van der Waals surface area contributed by atoms with E-state index in [1.54, 1.807) is 17.4 Å². The van der Waals surface area contributed by atoms with Gasteiger partial charge < -0.3 is 5.32 Å². The van der Waals surface area contributed by atoms with Crippen LogP contribution in [0.5, 0.6) is 0 Å². The second-order valence-corrected chi connectivity index (χ2v) is 6.19. The van der Waals surface area contributed by atoms with Crippen molar-refractivity contribution >= 4 is 27.3 Å². The van der Waals surface area contributed by atoms with E-state index in [2.05, 4.69) is 47.2 Å². The second-order valence-electron chi connectivity index (χ2n) is 4.08. The highest BCUT2D eigenvalue weighted by molar-refractivity contribution is 9.10. The van der Waals surface area contributed by atoms with Gasteiger partial charge in [-0.25, -0.2) is 4.39 Å². The van der Waals surface area contributed by atoms with Crippen molar-refractivity contribution in [2.45, 2.75) is 19.9 Å². The SMILES string of the molecule is CCNC(c1ccc(C)s1)c1cccc(F)c1Br. The quantitative estimate of drug-likeness (QED) is 0.861. The fourth-order valence-electron chi connectivity index (χ4n) is 1.92. The summed E-state index contributed by atoms with van der Waals surface area (Å²) in [5.74, 6) is -0.219. The molecule has 2 rings (SSSR count). The molecule has 18 heavy (non-hydrogen) atoms. The van der Waals surface area contributed by atoms with Crippen molar-refractivity contribution in [2.24, 2.45) is 0 Å². The van der Waals surface area contributed by atoms with E-state index in [4.69, 9.17) is 0 Å². The zero-order valence-electron chi connectivity index (χ0n) is 10.3. The number of thiophene rings is 1. The maximum atomic E-state index is 13.6. The summed E-state index contributed by atoms with van der Waals surface area (Å²) in [5.41, 5.74) is 0.943. The molecule has 0 saturated heterocycles. The zero-order chi connectivity index (χ0) is 13.1. The monoisotopic (exact) mass is 327 g/mol. The van der Waals surface area contributed by atoms with Crippen LogP contribution in [-0.4, -0.2) is 6.54 Å². The molecule has 0 fully saturated rings. The molecule has 1 nitrogen and oxygen atoms in total. The van der Waals surface area contributed by atoms with Crippen LogP contribution < -0.4 is 5.32 Å². The van der Waals surface area contributed by atoms with Gasteiger partial charge in [-0.1, -0.05) is 19.1 Å². The van der Waals surface area contributed by atoms with Crippen molar-refractivity contribution in [3.05, 3.63) is 55.9 Å². The lowest BCUT2D eigenvalue weighted by molar-refractivity contribution is 0.599. The standard InChI is InChI=1S/C14H15BrFNS/c1-3-17-14(12-8-7-9(2)18-12)10-5-4-6-11(16)13(10)15/h4-8,14,17H,3H2,1-2H3. The topological polar surface area (TPSA) is 12.0 Å². The Hall–Kier alpha value is -0.710. The van der Waals surface area contributed by atoms with Gasteiger partial charge in [-0.2, -0.15) is 0 Å². The van der Waals surface area contributed by atoms with Gasteiger partial charge in [-0.05, 0) is 53.2 Å². The van der Waals surface area contributed by atoms with Gasteiger partial charge in [0.1, 0.15) is 5.82 Å². The smallest absolute Gasteiger partial charge is 0.137 e. The van der Waals surface area contributed by atoms with Gasteiger partial charge in [-0.15, -0.1) is 11.3 Å². The van der Waals surface area contributed by atoms with Gasteiger partial charge in [0.2, 0.25) is 0 Å². The van der Waals surface area contributed by atoms with Crippen LogP contribution in [-0.2, 0) is 0 Å². The lowest BCUT2D eigenvalue weighted by Crippen LogP contribution is -2.21. The molecule has 0 bridgehead atoms. The molecule has 0 aliphatic heterocycles. The summed E-state index contributed by atoms with van der Waals surface area (Å²) in [6.07, 6.45) is 0. The number of aryl methyl sites for hydroxylation is 1. The van der Waals surface area contributed by atoms with E-state index in [-0.39, 0.29) is 11.9 Å². The summed E-state index contributed by atoms with van der Waals surface area (Å²) in [4.78, 5) is 2.47. The summed E-state index contributed by atoms with van der Waals surface area (Å²) in [5, 5.41) is 3.41. The Labute approximate surface area is 119 Å². The van der Waals surface area contributed by atoms with Gasteiger partial charge in [0.25, 0.3) is 0 Å². The first kappa shape index (κ1) is 13.7. The third kappa shape index (κ3) is 2.82. The molecule has 1 aromatic carbocycles. The average molecular weight is 328 g/mol. The maximum Gasteiger partial charge on any atom is 0.137 e. The largest absolute Gasteiger partial charge is 0.306 e. The number of halogens is 2. The Balaban J connectivity index is 2.44. The molecule has 0 aliphatic rings. The molecule has 0 radical (unpaired) electrons. The fraction of sp³-hybridized carbons (Fsp3) is 0.286. The first-order valence-corrected chi connectivity index (χ1v) is 7.48. The number of rotatable bonds is 4. The van der Waals surface area contributed by atoms with Crippen molar-refractivity contribution in [1.29, 1.82) is 0 Å². The fourth-order valence-corrected chi connectivity index (χ4v) is 3.39. The van der Waals surface area contributed by atoms with Crippen LogP contribution >= 0.6 is 27.3 Å². The summed E-state index contributed by atoms with van der Waals surface area (Å²) in [6, 6.07) is 9.41.